The SMILES string of the molecule is Cc1cc2nc(-c3cccs3)cc(-c3nnc(SCC(=O)c4cccc(F)c4)n3C(C)C)c2cc1C. The average Bonchev–Trinajstić information content (AvgIpc) is 3.53. The van der Waals surface area contributed by atoms with Gasteiger partial charge in [0.1, 0.15) is 5.82 Å². The molecule has 182 valence electrons. The van der Waals surface area contributed by atoms with Gasteiger partial charge in [-0.05, 0) is 80.6 Å². The van der Waals surface area contributed by atoms with Crippen LogP contribution in [0.25, 0.3) is 32.9 Å². The molecule has 36 heavy (non-hydrogen) atoms. The van der Waals surface area contributed by atoms with Crippen molar-refractivity contribution < 1.29 is 9.18 Å². The molecule has 0 aliphatic heterocycles. The monoisotopic (exact) mass is 516 g/mol. The van der Waals surface area contributed by atoms with Crippen molar-refractivity contribution in [1.82, 2.24) is 19.7 Å². The molecule has 0 N–H and O–H groups in total. The number of aromatic nitrogens is 4. The first-order valence-electron chi connectivity index (χ1n) is 11.6. The van der Waals surface area contributed by atoms with Gasteiger partial charge in [-0.2, -0.15) is 0 Å². The van der Waals surface area contributed by atoms with E-state index in [1.54, 1.807) is 23.5 Å². The Hall–Kier alpha value is -3.36. The standard InChI is InChI=1S/C28H25FN4OS2/c1-16(2)33-27(31-32-28(33)36-15-25(34)19-7-5-8-20(29)13-19)22-14-24(26-9-6-10-35-26)30-23-12-18(4)17(3)11-21(22)23/h5-14,16H,15H2,1-4H3. The Balaban J connectivity index is 1.59. The van der Waals surface area contributed by atoms with Crippen LogP contribution in [-0.2, 0) is 0 Å². The van der Waals surface area contributed by atoms with E-state index < -0.39 is 5.82 Å². The second-order valence-corrected chi connectivity index (χ2v) is 10.9. The first-order chi connectivity index (χ1) is 17.3. The van der Waals surface area contributed by atoms with Crippen molar-refractivity contribution in [2.45, 2.75) is 38.9 Å². The third-order valence-electron chi connectivity index (χ3n) is 6.10. The van der Waals surface area contributed by atoms with E-state index in [-0.39, 0.29) is 17.6 Å². The molecule has 3 aromatic heterocycles. The summed E-state index contributed by atoms with van der Waals surface area (Å²) in [7, 11) is 0. The van der Waals surface area contributed by atoms with Crippen LogP contribution in [0.4, 0.5) is 4.39 Å². The van der Waals surface area contributed by atoms with Gasteiger partial charge in [0.05, 0.1) is 21.8 Å². The number of carbonyl (C=O) groups excluding carboxylic acids is 1. The summed E-state index contributed by atoms with van der Waals surface area (Å²) in [5, 5.41) is 12.8. The summed E-state index contributed by atoms with van der Waals surface area (Å²) in [6.45, 7) is 8.34. The molecule has 2 aromatic carbocycles. The molecule has 5 aromatic rings. The van der Waals surface area contributed by atoms with Gasteiger partial charge in [-0.1, -0.05) is 30.0 Å². The summed E-state index contributed by atoms with van der Waals surface area (Å²) in [5.41, 5.74) is 5.47. The molecule has 0 saturated carbocycles. The number of pyridine rings is 1. The molecule has 3 heterocycles. The first kappa shape index (κ1) is 24.3. The Kier molecular flexibility index (Phi) is 6.73. The van der Waals surface area contributed by atoms with Gasteiger partial charge in [-0.25, -0.2) is 9.37 Å². The maximum atomic E-state index is 13.6. The molecule has 0 atom stereocenters. The van der Waals surface area contributed by atoms with Crippen molar-refractivity contribution in [2.75, 3.05) is 5.75 Å². The fraction of sp³-hybridized carbons (Fsp3) is 0.214. The Morgan fingerprint density at radius 3 is 2.58 bits per heavy atom. The summed E-state index contributed by atoms with van der Waals surface area (Å²) in [5.74, 6) is 0.304. The Morgan fingerprint density at radius 1 is 1.06 bits per heavy atom. The second kappa shape index (κ2) is 9.95. The highest BCUT2D eigenvalue weighted by Gasteiger charge is 2.22. The number of benzene rings is 2. The highest BCUT2D eigenvalue weighted by molar-refractivity contribution is 7.99. The molecule has 5 nitrogen and oxygen atoms in total. The molecule has 0 aliphatic carbocycles. The van der Waals surface area contributed by atoms with Gasteiger partial charge in [0.2, 0.25) is 0 Å². The molecular weight excluding hydrogens is 491 g/mol. The zero-order valence-electron chi connectivity index (χ0n) is 20.4. The minimum atomic E-state index is -0.421. The highest BCUT2D eigenvalue weighted by atomic mass is 32.2. The van der Waals surface area contributed by atoms with Gasteiger partial charge in [0.15, 0.2) is 16.8 Å². The normalized spacial score (nSPS) is 11.5. The number of fused-ring (bicyclic) bond motifs is 1. The number of carbonyl (C=O) groups is 1. The largest absolute Gasteiger partial charge is 0.299 e. The fourth-order valence-electron chi connectivity index (χ4n) is 4.12. The van der Waals surface area contributed by atoms with Crippen LogP contribution in [0.15, 0.2) is 65.1 Å². The van der Waals surface area contributed by atoms with E-state index in [0.717, 1.165) is 32.9 Å². The zero-order chi connectivity index (χ0) is 25.4. The number of halogens is 1. The molecule has 0 spiro atoms. The van der Waals surface area contributed by atoms with E-state index in [4.69, 9.17) is 4.98 Å². The molecular formula is C28H25FN4OS2. The minimum Gasteiger partial charge on any atom is -0.299 e. The van der Waals surface area contributed by atoms with E-state index in [9.17, 15) is 9.18 Å². The minimum absolute atomic E-state index is 0.0571. The molecule has 8 heteroatoms. The quantitative estimate of drug-likeness (QED) is 0.165. The highest BCUT2D eigenvalue weighted by Crippen LogP contribution is 2.36. The number of thiophene rings is 1. The third-order valence-corrected chi connectivity index (χ3v) is 7.93. The number of thioether (sulfide) groups is 1. The van der Waals surface area contributed by atoms with Crippen LogP contribution in [0.2, 0.25) is 0 Å². The van der Waals surface area contributed by atoms with E-state index in [1.165, 1.54) is 35.0 Å². The van der Waals surface area contributed by atoms with Crippen LogP contribution < -0.4 is 0 Å². The summed E-state index contributed by atoms with van der Waals surface area (Å²) >= 11 is 2.96. The van der Waals surface area contributed by atoms with Crippen molar-refractivity contribution in [3.63, 3.8) is 0 Å². The Labute approximate surface area is 217 Å². The predicted octanol–water partition coefficient (Wildman–Crippen LogP) is 7.53. The van der Waals surface area contributed by atoms with Crippen molar-refractivity contribution in [3.05, 3.63) is 82.5 Å². The van der Waals surface area contributed by atoms with Crippen LogP contribution in [0.5, 0.6) is 0 Å². The van der Waals surface area contributed by atoms with Gasteiger partial charge in [0.25, 0.3) is 0 Å². The van der Waals surface area contributed by atoms with E-state index in [2.05, 4.69) is 66.7 Å². The number of nitrogens with zero attached hydrogens (tertiary/aromatic N) is 4. The van der Waals surface area contributed by atoms with Crippen molar-refractivity contribution in [3.8, 4) is 22.0 Å². The van der Waals surface area contributed by atoms with Crippen LogP contribution in [-0.4, -0.2) is 31.3 Å². The van der Waals surface area contributed by atoms with Crippen molar-refractivity contribution in [2.24, 2.45) is 0 Å². The van der Waals surface area contributed by atoms with Gasteiger partial charge >= 0.3 is 0 Å². The molecule has 5 rings (SSSR count). The molecule has 0 unspecified atom stereocenters. The Bertz CT molecular complexity index is 1570. The summed E-state index contributed by atoms with van der Waals surface area (Å²) < 4.78 is 15.6. The van der Waals surface area contributed by atoms with Gasteiger partial charge in [0, 0.05) is 22.6 Å². The third kappa shape index (κ3) is 4.70. The van der Waals surface area contributed by atoms with Crippen LogP contribution >= 0.6 is 23.1 Å². The van der Waals surface area contributed by atoms with Crippen molar-refractivity contribution in [1.29, 1.82) is 0 Å². The van der Waals surface area contributed by atoms with Gasteiger partial charge in [-0.3, -0.25) is 9.36 Å². The van der Waals surface area contributed by atoms with E-state index in [1.807, 2.05) is 11.4 Å². The lowest BCUT2D eigenvalue weighted by Gasteiger charge is -2.16. The number of rotatable bonds is 7. The predicted molar refractivity (Wildman–Crippen MR) is 145 cm³/mol. The summed E-state index contributed by atoms with van der Waals surface area (Å²) in [6, 6.07) is 16.3. The lowest BCUT2D eigenvalue weighted by atomic mass is 10.0. The summed E-state index contributed by atoms with van der Waals surface area (Å²) in [4.78, 5) is 18.7. The molecule has 0 aliphatic rings. The lowest BCUT2D eigenvalue weighted by Crippen LogP contribution is -2.08. The van der Waals surface area contributed by atoms with E-state index >= 15 is 0 Å². The molecule has 0 bridgehead atoms. The van der Waals surface area contributed by atoms with Gasteiger partial charge < -0.3 is 0 Å². The number of hydrogen-bond acceptors (Lipinski definition) is 6. The second-order valence-electron chi connectivity index (χ2n) is 8.98. The van der Waals surface area contributed by atoms with Crippen LogP contribution in [0, 0.1) is 19.7 Å². The maximum absolute atomic E-state index is 13.6. The Morgan fingerprint density at radius 2 is 1.86 bits per heavy atom. The van der Waals surface area contributed by atoms with Gasteiger partial charge in [-0.15, -0.1) is 21.5 Å². The zero-order valence-corrected chi connectivity index (χ0v) is 22.1. The number of hydrogen-bond donors (Lipinski definition) is 0. The molecule has 0 saturated heterocycles. The number of ketones is 1. The first-order valence-corrected chi connectivity index (χ1v) is 13.5. The number of aryl methyl sites for hydroxylation is 2. The van der Waals surface area contributed by atoms with Crippen LogP contribution in [0.3, 0.4) is 0 Å². The smallest absolute Gasteiger partial charge is 0.192 e. The lowest BCUT2D eigenvalue weighted by molar-refractivity contribution is 0.102. The van der Waals surface area contributed by atoms with E-state index in [0.29, 0.717) is 10.7 Å². The summed E-state index contributed by atoms with van der Waals surface area (Å²) in [6.07, 6.45) is 0. The van der Waals surface area contributed by atoms with Crippen LogP contribution in [0.1, 0.15) is 41.4 Å². The topological polar surface area (TPSA) is 60.7 Å². The fourth-order valence-corrected chi connectivity index (χ4v) is 5.77. The molecule has 0 fully saturated rings. The average molecular weight is 517 g/mol. The van der Waals surface area contributed by atoms with Crippen molar-refractivity contribution >= 4 is 39.8 Å². The molecule has 0 amide bonds. The molecule has 0 radical (unpaired) electrons. The maximum Gasteiger partial charge on any atom is 0.192 e. The number of Topliss-reactive ketones (excluding diaryl/α,β-unsaturated/α-hetero) is 1.